The Labute approximate surface area is 193 Å². The van der Waals surface area contributed by atoms with E-state index in [-0.39, 0.29) is 24.8 Å². The number of nitrogens with one attached hydrogen (secondary N) is 1. The highest BCUT2D eigenvalue weighted by Gasteiger charge is 2.52. The minimum Gasteiger partial charge on any atom is -0.497 e. The Hall–Kier alpha value is -3.55. The minimum absolute atomic E-state index is 0.0981. The summed E-state index contributed by atoms with van der Waals surface area (Å²) in [6, 6.07) is 10.2. The topological polar surface area (TPSA) is 115 Å². The number of furan rings is 1. The molecule has 1 saturated carbocycles. The first-order valence-corrected chi connectivity index (χ1v) is 11.1. The number of primary amides is 1. The number of methoxy groups -OCH3 is 1. The Kier molecular flexibility index (Phi) is 7.92. The molecule has 8 heteroatoms. The monoisotopic (exact) mass is 453 g/mol. The number of amides is 3. The summed E-state index contributed by atoms with van der Waals surface area (Å²) in [6.45, 7) is 3.57. The van der Waals surface area contributed by atoms with Gasteiger partial charge >= 0.3 is 0 Å². The fraction of sp³-hybridized carbons (Fsp3) is 0.400. The van der Waals surface area contributed by atoms with Gasteiger partial charge in [0.05, 0.1) is 19.9 Å². The second-order valence-corrected chi connectivity index (χ2v) is 8.15. The first-order valence-electron chi connectivity index (χ1n) is 11.1. The molecule has 1 unspecified atom stereocenters. The standard InChI is InChI=1S/C25H31N3O5/c1-3-15-28(22(29)17-27-23(30)21-10-7-16-33-21)25(24(26)31,18-8-5-4-6-9-18)19-11-13-20(32-2)14-12-19/h3,7,10-14,16,18H,1,4-6,8-9,15,17H2,2H3,(H2,26,31)(H,27,30). The fourth-order valence-corrected chi connectivity index (χ4v) is 4.77. The molecule has 1 heterocycles. The van der Waals surface area contributed by atoms with Gasteiger partial charge in [0, 0.05) is 6.54 Å². The predicted octanol–water partition coefficient (Wildman–Crippen LogP) is 2.99. The van der Waals surface area contributed by atoms with Crippen LogP contribution < -0.4 is 15.8 Å². The summed E-state index contributed by atoms with van der Waals surface area (Å²) in [5.41, 5.74) is 5.35. The lowest BCUT2D eigenvalue weighted by atomic mass is 9.69. The summed E-state index contributed by atoms with van der Waals surface area (Å²) in [5.74, 6) is -0.989. The lowest BCUT2D eigenvalue weighted by Crippen LogP contribution is -2.63. The SMILES string of the molecule is C=CCN(C(=O)CNC(=O)c1ccco1)C(C(N)=O)(c1ccc(OC)cc1)C1CCCCC1. The molecule has 176 valence electrons. The van der Waals surface area contributed by atoms with E-state index < -0.39 is 23.3 Å². The van der Waals surface area contributed by atoms with Crippen molar-refractivity contribution < 1.29 is 23.5 Å². The molecule has 0 saturated heterocycles. The van der Waals surface area contributed by atoms with Crippen LogP contribution in [-0.4, -0.2) is 42.8 Å². The van der Waals surface area contributed by atoms with Crippen LogP contribution in [0, 0.1) is 5.92 Å². The molecule has 0 bridgehead atoms. The number of rotatable bonds is 10. The van der Waals surface area contributed by atoms with Crippen molar-refractivity contribution in [2.45, 2.75) is 37.6 Å². The Morgan fingerprint density at radius 2 is 1.91 bits per heavy atom. The highest BCUT2D eigenvalue weighted by molar-refractivity contribution is 5.96. The van der Waals surface area contributed by atoms with Gasteiger partial charge in [-0.3, -0.25) is 14.4 Å². The summed E-state index contributed by atoms with van der Waals surface area (Å²) in [6.07, 6.45) is 7.43. The number of benzene rings is 1. The smallest absolute Gasteiger partial charge is 0.287 e. The maximum atomic E-state index is 13.5. The van der Waals surface area contributed by atoms with E-state index in [9.17, 15) is 14.4 Å². The van der Waals surface area contributed by atoms with Crippen LogP contribution in [0.2, 0.25) is 0 Å². The average molecular weight is 454 g/mol. The van der Waals surface area contributed by atoms with E-state index in [1.807, 2.05) is 0 Å². The van der Waals surface area contributed by atoms with Crippen molar-refractivity contribution in [2.24, 2.45) is 11.7 Å². The van der Waals surface area contributed by atoms with E-state index in [2.05, 4.69) is 11.9 Å². The third-order valence-corrected chi connectivity index (χ3v) is 6.29. The van der Waals surface area contributed by atoms with Gasteiger partial charge in [0.25, 0.3) is 5.91 Å². The molecule has 1 aliphatic rings. The number of carbonyl (C=O) groups excluding carboxylic acids is 3. The maximum absolute atomic E-state index is 13.5. The zero-order valence-corrected chi connectivity index (χ0v) is 18.9. The van der Waals surface area contributed by atoms with Crippen molar-refractivity contribution in [3.63, 3.8) is 0 Å². The summed E-state index contributed by atoms with van der Waals surface area (Å²) in [4.78, 5) is 40.6. The van der Waals surface area contributed by atoms with Gasteiger partial charge in [0.1, 0.15) is 11.3 Å². The molecule has 3 rings (SSSR count). The maximum Gasteiger partial charge on any atom is 0.287 e. The molecular weight excluding hydrogens is 422 g/mol. The average Bonchev–Trinajstić information content (AvgIpc) is 3.38. The lowest BCUT2D eigenvalue weighted by molar-refractivity contribution is -0.151. The van der Waals surface area contributed by atoms with E-state index in [1.54, 1.807) is 43.5 Å². The van der Waals surface area contributed by atoms with Gasteiger partial charge < -0.3 is 25.1 Å². The third-order valence-electron chi connectivity index (χ3n) is 6.29. The van der Waals surface area contributed by atoms with Gasteiger partial charge in [0.2, 0.25) is 11.8 Å². The number of carbonyl (C=O) groups is 3. The number of hydrogen-bond acceptors (Lipinski definition) is 5. The van der Waals surface area contributed by atoms with Gasteiger partial charge in [-0.05, 0) is 48.6 Å². The van der Waals surface area contributed by atoms with Gasteiger partial charge in [-0.25, -0.2) is 0 Å². The highest BCUT2D eigenvalue weighted by atomic mass is 16.5. The van der Waals surface area contributed by atoms with Crippen LogP contribution in [-0.2, 0) is 15.1 Å². The van der Waals surface area contributed by atoms with Crippen LogP contribution in [0.1, 0.15) is 48.2 Å². The molecule has 0 aliphatic heterocycles. The van der Waals surface area contributed by atoms with Crippen molar-refractivity contribution >= 4 is 17.7 Å². The largest absolute Gasteiger partial charge is 0.497 e. The second kappa shape index (κ2) is 10.8. The van der Waals surface area contributed by atoms with Crippen LogP contribution in [0.5, 0.6) is 5.75 Å². The lowest BCUT2D eigenvalue weighted by Gasteiger charge is -2.48. The molecule has 1 atom stereocenters. The molecule has 2 aromatic rings. The van der Waals surface area contributed by atoms with E-state index >= 15 is 0 Å². The molecule has 33 heavy (non-hydrogen) atoms. The molecule has 1 fully saturated rings. The van der Waals surface area contributed by atoms with E-state index in [4.69, 9.17) is 14.9 Å². The Bertz CT molecular complexity index is 964. The minimum atomic E-state index is -1.38. The Morgan fingerprint density at radius 3 is 2.45 bits per heavy atom. The number of nitrogens with zero attached hydrogens (tertiary/aromatic N) is 1. The van der Waals surface area contributed by atoms with Gasteiger partial charge in [0.15, 0.2) is 5.76 Å². The van der Waals surface area contributed by atoms with Crippen LogP contribution in [0.3, 0.4) is 0 Å². The zero-order chi connectivity index (χ0) is 23.8. The van der Waals surface area contributed by atoms with Gasteiger partial charge in [-0.15, -0.1) is 6.58 Å². The summed E-state index contributed by atoms with van der Waals surface area (Å²) < 4.78 is 10.4. The second-order valence-electron chi connectivity index (χ2n) is 8.15. The normalized spacial score (nSPS) is 15.8. The molecular formula is C25H31N3O5. The molecule has 1 aliphatic carbocycles. The Balaban J connectivity index is 2.01. The third kappa shape index (κ3) is 4.94. The molecule has 3 amide bonds. The van der Waals surface area contributed by atoms with Crippen LogP contribution >= 0.6 is 0 Å². The van der Waals surface area contributed by atoms with Crippen LogP contribution in [0.15, 0.2) is 59.7 Å². The molecule has 1 aromatic carbocycles. The van der Waals surface area contributed by atoms with Crippen LogP contribution in [0.4, 0.5) is 0 Å². The highest BCUT2D eigenvalue weighted by Crippen LogP contribution is 2.44. The summed E-state index contributed by atoms with van der Waals surface area (Å²) in [7, 11) is 1.56. The quantitative estimate of drug-likeness (QED) is 0.537. The predicted molar refractivity (Wildman–Crippen MR) is 123 cm³/mol. The van der Waals surface area contributed by atoms with Crippen molar-refractivity contribution in [3.8, 4) is 5.75 Å². The van der Waals surface area contributed by atoms with Gasteiger partial charge in [-0.1, -0.05) is 37.5 Å². The van der Waals surface area contributed by atoms with E-state index in [1.165, 1.54) is 17.2 Å². The molecule has 0 radical (unpaired) electrons. The first-order chi connectivity index (χ1) is 15.9. The molecule has 8 nitrogen and oxygen atoms in total. The van der Waals surface area contributed by atoms with Crippen molar-refractivity contribution in [3.05, 3.63) is 66.6 Å². The zero-order valence-electron chi connectivity index (χ0n) is 18.9. The number of nitrogens with two attached hydrogens (primary N) is 1. The van der Waals surface area contributed by atoms with Crippen molar-refractivity contribution in [2.75, 3.05) is 20.2 Å². The fourth-order valence-electron chi connectivity index (χ4n) is 4.77. The molecule has 1 aromatic heterocycles. The van der Waals surface area contributed by atoms with E-state index in [0.29, 0.717) is 11.3 Å². The van der Waals surface area contributed by atoms with Crippen LogP contribution in [0.25, 0.3) is 0 Å². The molecule has 3 N–H and O–H groups in total. The number of ether oxygens (including phenoxy) is 1. The van der Waals surface area contributed by atoms with Gasteiger partial charge in [-0.2, -0.15) is 0 Å². The van der Waals surface area contributed by atoms with E-state index in [0.717, 1.165) is 32.1 Å². The summed E-state index contributed by atoms with van der Waals surface area (Å²) in [5, 5.41) is 2.58. The Morgan fingerprint density at radius 1 is 1.21 bits per heavy atom. The summed E-state index contributed by atoms with van der Waals surface area (Å²) >= 11 is 0. The van der Waals surface area contributed by atoms with Crippen molar-refractivity contribution in [1.29, 1.82) is 0 Å². The van der Waals surface area contributed by atoms with Crippen molar-refractivity contribution in [1.82, 2.24) is 10.2 Å². The molecule has 0 spiro atoms. The first kappa shape index (κ1) is 24.1. The number of hydrogen-bond donors (Lipinski definition) is 2.